The van der Waals surface area contributed by atoms with E-state index >= 15 is 0 Å². The lowest BCUT2D eigenvalue weighted by Gasteiger charge is -2.38. The lowest BCUT2D eigenvalue weighted by atomic mass is 10.1. The zero-order chi connectivity index (χ0) is 16.1. The van der Waals surface area contributed by atoms with Crippen LogP contribution in [-0.2, 0) is 0 Å². The fourth-order valence-electron chi connectivity index (χ4n) is 2.69. The van der Waals surface area contributed by atoms with Crippen LogP contribution in [0.25, 0.3) is 0 Å². The second-order valence-electron chi connectivity index (χ2n) is 6.27. The minimum Gasteiger partial charge on any atom is -0.369 e. The van der Waals surface area contributed by atoms with E-state index in [4.69, 9.17) is 5.73 Å². The van der Waals surface area contributed by atoms with Crippen LogP contribution in [0, 0.1) is 0 Å². The quantitative estimate of drug-likeness (QED) is 0.826. The molecule has 0 saturated carbocycles. The molecule has 0 unspecified atom stereocenters. The number of nitrogens with one attached hydrogen (secondary N) is 1. The van der Waals surface area contributed by atoms with Crippen molar-refractivity contribution in [3.05, 3.63) is 29.8 Å². The zero-order valence-corrected chi connectivity index (χ0v) is 16.3. The van der Waals surface area contributed by atoms with Crippen LogP contribution in [0.3, 0.4) is 0 Å². The van der Waals surface area contributed by atoms with Gasteiger partial charge in [0.2, 0.25) is 0 Å². The van der Waals surface area contributed by atoms with Crippen molar-refractivity contribution in [1.82, 2.24) is 10.2 Å². The fraction of sp³-hybridized carbons (Fsp3) is 0.588. The summed E-state index contributed by atoms with van der Waals surface area (Å²) in [5.74, 6) is -0.0610. The summed E-state index contributed by atoms with van der Waals surface area (Å²) in [5, 5.41) is 2.88. The summed E-state index contributed by atoms with van der Waals surface area (Å²) >= 11 is 0. The van der Waals surface area contributed by atoms with Gasteiger partial charge in [-0.3, -0.25) is 9.69 Å². The maximum atomic E-state index is 12.0. The van der Waals surface area contributed by atoms with Crippen molar-refractivity contribution in [2.45, 2.75) is 32.9 Å². The smallest absolute Gasteiger partial charge is 0.251 e. The van der Waals surface area contributed by atoms with Crippen molar-refractivity contribution in [3.63, 3.8) is 0 Å². The number of anilines is 1. The molecule has 1 aromatic carbocycles. The molecule has 2 rings (SSSR count). The van der Waals surface area contributed by atoms with Crippen molar-refractivity contribution in [1.29, 1.82) is 0 Å². The maximum absolute atomic E-state index is 12.0. The first-order valence-electron chi connectivity index (χ1n) is 8.11. The monoisotopic (exact) mass is 376 g/mol. The number of piperazine rings is 1. The van der Waals surface area contributed by atoms with E-state index in [1.54, 1.807) is 0 Å². The SMILES string of the molecule is CC(C)N1CCN(c2ccc(C(=O)N[C@@H](C)CN)cc2)CC1.Cl.Cl. The van der Waals surface area contributed by atoms with Gasteiger partial charge in [-0.1, -0.05) is 0 Å². The molecule has 0 aromatic heterocycles. The first-order chi connectivity index (χ1) is 10.5. The number of halogens is 2. The summed E-state index contributed by atoms with van der Waals surface area (Å²) < 4.78 is 0. The number of hydrogen-bond acceptors (Lipinski definition) is 4. The molecule has 1 amide bonds. The van der Waals surface area contributed by atoms with Crippen LogP contribution in [0.4, 0.5) is 5.69 Å². The summed E-state index contributed by atoms with van der Waals surface area (Å²) in [6.07, 6.45) is 0. The number of rotatable bonds is 5. The predicted molar refractivity (Wildman–Crippen MR) is 106 cm³/mol. The minimum absolute atomic E-state index is 0. The van der Waals surface area contributed by atoms with Crippen molar-refractivity contribution in [2.24, 2.45) is 5.73 Å². The Hall–Kier alpha value is -1.01. The Bertz CT molecular complexity index is 488. The van der Waals surface area contributed by atoms with E-state index in [1.807, 2.05) is 31.2 Å². The number of carbonyl (C=O) groups excluding carboxylic acids is 1. The molecule has 1 aliphatic heterocycles. The van der Waals surface area contributed by atoms with Gasteiger partial charge in [0.15, 0.2) is 0 Å². The van der Waals surface area contributed by atoms with Gasteiger partial charge in [0, 0.05) is 56.1 Å². The van der Waals surface area contributed by atoms with E-state index in [-0.39, 0.29) is 36.8 Å². The Labute approximate surface area is 157 Å². The van der Waals surface area contributed by atoms with Gasteiger partial charge < -0.3 is 16.0 Å². The van der Waals surface area contributed by atoms with Crippen molar-refractivity contribution >= 4 is 36.4 Å². The third-order valence-corrected chi connectivity index (χ3v) is 4.27. The number of amides is 1. The molecule has 3 N–H and O–H groups in total. The molecule has 0 spiro atoms. The molecular formula is C17H30Cl2N4O. The van der Waals surface area contributed by atoms with E-state index in [0.717, 1.165) is 26.2 Å². The third-order valence-electron chi connectivity index (χ3n) is 4.27. The van der Waals surface area contributed by atoms with Crippen molar-refractivity contribution < 1.29 is 4.79 Å². The van der Waals surface area contributed by atoms with E-state index in [1.165, 1.54) is 5.69 Å². The van der Waals surface area contributed by atoms with E-state index in [0.29, 0.717) is 18.2 Å². The summed E-state index contributed by atoms with van der Waals surface area (Å²) in [4.78, 5) is 16.9. The van der Waals surface area contributed by atoms with Gasteiger partial charge in [0.25, 0.3) is 5.91 Å². The summed E-state index contributed by atoms with van der Waals surface area (Å²) in [7, 11) is 0. The van der Waals surface area contributed by atoms with Crippen LogP contribution in [0.5, 0.6) is 0 Å². The minimum atomic E-state index is -0.0610. The highest BCUT2D eigenvalue weighted by atomic mass is 35.5. The molecule has 1 heterocycles. The Morgan fingerprint density at radius 2 is 1.62 bits per heavy atom. The summed E-state index contributed by atoms with van der Waals surface area (Å²) in [5.41, 5.74) is 7.40. The van der Waals surface area contributed by atoms with Gasteiger partial charge in [-0.25, -0.2) is 0 Å². The Balaban J connectivity index is 0.00000264. The molecule has 0 aliphatic carbocycles. The second kappa shape index (κ2) is 10.8. The highest BCUT2D eigenvalue weighted by Gasteiger charge is 2.19. The lowest BCUT2D eigenvalue weighted by Crippen LogP contribution is -2.48. The second-order valence-corrected chi connectivity index (χ2v) is 6.27. The topological polar surface area (TPSA) is 61.6 Å². The van der Waals surface area contributed by atoms with Crippen LogP contribution in [0.2, 0.25) is 0 Å². The van der Waals surface area contributed by atoms with Crippen molar-refractivity contribution in [2.75, 3.05) is 37.6 Å². The van der Waals surface area contributed by atoms with Crippen LogP contribution in [-0.4, -0.2) is 55.6 Å². The van der Waals surface area contributed by atoms with Gasteiger partial charge in [-0.05, 0) is 45.0 Å². The zero-order valence-electron chi connectivity index (χ0n) is 14.7. The molecule has 0 bridgehead atoms. The van der Waals surface area contributed by atoms with Gasteiger partial charge in [-0.15, -0.1) is 24.8 Å². The van der Waals surface area contributed by atoms with Crippen molar-refractivity contribution in [3.8, 4) is 0 Å². The molecular weight excluding hydrogens is 347 g/mol. The van der Waals surface area contributed by atoms with Crippen LogP contribution in [0.15, 0.2) is 24.3 Å². The maximum Gasteiger partial charge on any atom is 0.251 e. The Morgan fingerprint density at radius 1 is 1.08 bits per heavy atom. The third kappa shape index (κ3) is 6.13. The molecule has 24 heavy (non-hydrogen) atoms. The molecule has 1 fully saturated rings. The molecule has 1 saturated heterocycles. The molecule has 1 aliphatic rings. The van der Waals surface area contributed by atoms with Gasteiger partial charge in [-0.2, -0.15) is 0 Å². The molecule has 1 aromatic rings. The number of benzene rings is 1. The first kappa shape index (κ1) is 23.0. The molecule has 0 radical (unpaired) electrons. The van der Waals surface area contributed by atoms with Crippen LogP contribution >= 0.6 is 24.8 Å². The molecule has 5 nitrogen and oxygen atoms in total. The van der Waals surface area contributed by atoms with Crippen LogP contribution < -0.4 is 16.0 Å². The molecule has 138 valence electrons. The van der Waals surface area contributed by atoms with E-state index in [9.17, 15) is 4.79 Å². The highest BCUT2D eigenvalue weighted by Crippen LogP contribution is 2.18. The largest absolute Gasteiger partial charge is 0.369 e. The highest BCUT2D eigenvalue weighted by molar-refractivity contribution is 5.94. The van der Waals surface area contributed by atoms with Gasteiger partial charge in [0.1, 0.15) is 0 Å². The average Bonchev–Trinajstić information content (AvgIpc) is 2.55. The number of nitrogens with two attached hydrogens (primary N) is 1. The van der Waals surface area contributed by atoms with Gasteiger partial charge >= 0.3 is 0 Å². The summed E-state index contributed by atoms with van der Waals surface area (Å²) in [6.45, 7) is 11.1. The molecule has 7 heteroatoms. The first-order valence-corrected chi connectivity index (χ1v) is 8.11. The number of nitrogens with zero attached hydrogens (tertiary/aromatic N) is 2. The van der Waals surface area contributed by atoms with E-state index in [2.05, 4.69) is 29.0 Å². The standard InChI is InChI=1S/C17H28N4O.2ClH/c1-13(2)20-8-10-21(11-9-20)16-6-4-15(5-7-16)17(22)19-14(3)12-18;;/h4-7,13-14H,8-12,18H2,1-3H3,(H,19,22);2*1H/t14-;;/m0../s1. The van der Waals surface area contributed by atoms with Gasteiger partial charge in [0.05, 0.1) is 0 Å². The normalized spacial score (nSPS) is 16.1. The number of hydrogen-bond donors (Lipinski definition) is 2. The predicted octanol–water partition coefficient (Wildman–Crippen LogP) is 2.14. The Kier molecular flexibility index (Phi) is 10.3. The fourth-order valence-corrected chi connectivity index (χ4v) is 2.69. The number of carbonyl (C=O) groups is 1. The average molecular weight is 377 g/mol. The summed E-state index contributed by atoms with van der Waals surface area (Å²) in [6, 6.07) is 8.46. The lowest BCUT2D eigenvalue weighted by molar-refractivity contribution is 0.0941. The van der Waals surface area contributed by atoms with Crippen LogP contribution in [0.1, 0.15) is 31.1 Å². The Morgan fingerprint density at radius 3 is 2.08 bits per heavy atom. The molecule has 1 atom stereocenters. The van der Waals surface area contributed by atoms with E-state index < -0.39 is 0 Å².